The first-order valence-corrected chi connectivity index (χ1v) is 5.37. The van der Waals surface area contributed by atoms with Crippen LogP contribution in [0.15, 0.2) is 0 Å². The van der Waals surface area contributed by atoms with E-state index in [-0.39, 0.29) is 11.2 Å². The van der Waals surface area contributed by atoms with E-state index in [1.54, 1.807) is 0 Å². The number of hydrogen-bond acceptors (Lipinski definition) is 2. The molecule has 1 aliphatic rings. The quantitative estimate of drug-likeness (QED) is 0.674. The van der Waals surface area contributed by atoms with Crippen LogP contribution in [0.2, 0.25) is 0 Å². The van der Waals surface area contributed by atoms with Crippen LogP contribution in [0.4, 0.5) is 0 Å². The second-order valence-corrected chi connectivity index (χ2v) is 4.27. The van der Waals surface area contributed by atoms with Crippen LogP contribution >= 0.6 is 0 Å². The molecule has 0 aromatic heterocycles. The summed E-state index contributed by atoms with van der Waals surface area (Å²) in [5.41, 5.74) is 0.272. The van der Waals surface area contributed by atoms with E-state index in [2.05, 4.69) is 20.8 Å². The molecule has 13 heavy (non-hydrogen) atoms. The van der Waals surface area contributed by atoms with Crippen molar-refractivity contribution >= 4 is 0 Å². The van der Waals surface area contributed by atoms with Crippen molar-refractivity contribution < 1.29 is 9.47 Å². The Morgan fingerprint density at radius 2 is 1.38 bits per heavy atom. The molecule has 0 radical (unpaired) electrons. The molecule has 2 nitrogen and oxygen atoms in total. The fraction of sp³-hybridized carbons (Fsp3) is 1.00. The van der Waals surface area contributed by atoms with Gasteiger partial charge in [0.2, 0.25) is 0 Å². The van der Waals surface area contributed by atoms with Crippen molar-refractivity contribution in [2.75, 3.05) is 13.2 Å². The van der Waals surface area contributed by atoms with Crippen LogP contribution in [0.25, 0.3) is 0 Å². The minimum atomic E-state index is -0.326. The minimum Gasteiger partial charge on any atom is -0.350 e. The molecule has 0 spiro atoms. The average Bonchev–Trinajstić information content (AvgIpc) is 2.20. The molecule has 1 heterocycles. The molecule has 1 saturated heterocycles. The molecule has 0 atom stereocenters. The summed E-state index contributed by atoms with van der Waals surface area (Å²) in [6, 6.07) is 0. The highest BCUT2D eigenvalue weighted by Crippen LogP contribution is 2.36. The summed E-state index contributed by atoms with van der Waals surface area (Å²) in [5, 5.41) is 0. The monoisotopic (exact) mass is 186 g/mol. The number of hydrogen-bond donors (Lipinski definition) is 0. The molecule has 1 fully saturated rings. The molecule has 78 valence electrons. The van der Waals surface area contributed by atoms with Crippen molar-refractivity contribution in [2.45, 2.75) is 52.7 Å². The van der Waals surface area contributed by atoms with Crippen LogP contribution in [-0.2, 0) is 9.47 Å². The van der Waals surface area contributed by atoms with E-state index in [4.69, 9.17) is 9.47 Å². The summed E-state index contributed by atoms with van der Waals surface area (Å²) in [6.45, 7) is 10.3. The van der Waals surface area contributed by atoms with Crippen LogP contribution in [0.3, 0.4) is 0 Å². The maximum absolute atomic E-state index is 5.79. The van der Waals surface area contributed by atoms with Crippen molar-refractivity contribution in [1.29, 1.82) is 0 Å². The number of ether oxygens (including phenoxy) is 2. The SMILES string of the molecule is CCC1(CC)COC(C)(CC)OC1. The lowest BCUT2D eigenvalue weighted by molar-refractivity contribution is -0.296. The summed E-state index contributed by atoms with van der Waals surface area (Å²) < 4.78 is 11.6. The molecule has 0 aliphatic carbocycles. The fourth-order valence-corrected chi connectivity index (χ4v) is 1.56. The van der Waals surface area contributed by atoms with Crippen LogP contribution < -0.4 is 0 Å². The van der Waals surface area contributed by atoms with Crippen molar-refractivity contribution in [1.82, 2.24) is 0 Å². The van der Waals surface area contributed by atoms with E-state index in [0.29, 0.717) is 0 Å². The van der Waals surface area contributed by atoms with Crippen LogP contribution in [-0.4, -0.2) is 19.0 Å². The first-order chi connectivity index (χ1) is 6.10. The van der Waals surface area contributed by atoms with Crippen molar-refractivity contribution in [3.63, 3.8) is 0 Å². The van der Waals surface area contributed by atoms with Crippen LogP contribution in [0, 0.1) is 5.41 Å². The van der Waals surface area contributed by atoms with E-state index in [9.17, 15) is 0 Å². The van der Waals surface area contributed by atoms with Gasteiger partial charge in [-0.2, -0.15) is 0 Å². The van der Waals surface area contributed by atoms with E-state index in [1.807, 2.05) is 6.92 Å². The Morgan fingerprint density at radius 3 is 1.69 bits per heavy atom. The normalized spacial score (nSPS) is 25.8. The summed E-state index contributed by atoms with van der Waals surface area (Å²) in [6.07, 6.45) is 3.21. The van der Waals surface area contributed by atoms with E-state index in [0.717, 1.165) is 32.5 Å². The number of rotatable bonds is 3. The lowest BCUT2D eigenvalue weighted by Gasteiger charge is -2.44. The van der Waals surface area contributed by atoms with E-state index >= 15 is 0 Å². The molecular formula is C11H22O2. The molecule has 0 amide bonds. The van der Waals surface area contributed by atoms with Gasteiger partial charge in [-0.25, -0.2) is 0 Å². The Bertz CT molecular complexity index is 151. The molecule has 2 heteroatoms. The first-order valence-electron chi connectivity index (χ1n) is 5.37. The summed E-state index contributed by atoms with van der Waals surface area (Å²) >= 11 is 0. The predicted molar refractivity (Wildman–Crippen MR) is 53.6 cm³/mol. The second kappa shape index (κ2) is 3.97. The van der Waals surface area contributed by atoms with E-state index < -0.39 is 0 Å². The van der Waals surface area contributed by atoms with Gasteiger partial charge in [-0.1, -0.05) is 20.8 Å². The standard InChI is InChI=1S/C11H22O2/c1-5-10(4)12-8-11(6-2,7-3)9-13-10/h5-9H2,1-4H3. The highest BCUT2D eigenvalue weighted by atomic mass is 16.7. The summed E-state index contributed by atoms with van der Waals surface area (Å²) in [5.74, 6) is -0.326. The third kappa shape index (κ3) is 2.23. The van der Waals surface area contributed by atoms with E-state index in [1.165, 1.54) is 0 Å². The molecule has 0 saturated carbocycles. The highest BCUT2D eigenvalue weighted by molar-refractivity contribution is 4.81. The lowest BCUT2D eigenvalue weighted by atomic mass is 9.83. The van der Waals surface area contributed by atoms with Crippen LogP contribution in [0.1, 0.15) is 47.0 Å². The Kier molecular flexibility index (Phi) is 3.36. The topological polar surface area (TPSA) is 18.5 Å². The van der Waals surface area contributed by atoms with Gasteiger partial charge in [-0.15, -0.1) is 0 Å². The maximum atomic E-state index is 5.79. The second-order valence-electron chi connectivity index (χ2n) is 4.27. The van der Waals surface area contributed by atoms with Crippen molar-refractivity contribution in [2.24, 2.45) is 5.41 Å². The fourth-order valence-electron chi connectivity index (χ4n) is 1.56. The molecule has 0 N–H and O–H groups in total. The van der Waals surface area contributed by atoms with Crippen molar-refractivity contribution in [3.8, 4) is 0 Å². The molecule has 0 aromatic carbocycles. The molecular weight excluding hydrogens is 164 g/mol. The minimum absolute atomic E-state index is 0.272. The van der Waals surface area contributed by atoms with Gasteiger partial charge in [0.25, 0.3) is 0 Å². The zero-order valence-corrected chi connectivity index (χ0v) is 9.35. The largest absolute Gasteiger partial charge is 0.350 e. The zero-order valence-electron chi connectivity index (χ0n) is 9.35. The third-order valence-corrected chi connectivity index (χ3v) is 3.51. The Balaban J connectivity index is 2.54. The van der Waals surface area contributed by atoms with Gasteiger partial charge in [0.05, 0.1) is 13.2 Å². The summed E-state index contributed by atoms with van der Waals surface area (Å²) in [7, 11) is 0. The van der Waals surface area contributed by atoms with Gasteiger partial charge >= 0.3 is 0 Å². The summed E-state index contributed by atoms with van der Waals surface area (Å²) in [4.78, 5) is 0. The molecule has 0 unspecified atom stereocenters. The van der Waals surface area contributed by atoms with Gasteiger partial charge in [-0.05, 0) is 26.2 Å². The van der Waals surface area contributed by atoms with Crippen LogP contribution in [0.5, 0.6) is 0 Å². The molecule has 0 bridgehead atoms. The molecule has 0 aromatic rings. The average molecular weight is 186 g/mol. The van der Waals surface area contributed by atoms with Crippen molar-refractivity contribution in [3.05, 3.63) is 0 Å². The smallest absolute Gasteiger partial charge is 0.165 e. The first kappa shape index (κ1) is 11.0. The molecule has 1 aliphatic heterocycles. The Hall–Kier alpha value is -0.0800. The lowest BCUT2D eigenvalue weighted by Crippen LogP contribution is -2.47. The maximum Gasteiger partial charge on any atom is 0.165 e. The van der Waals surface area contributed by atoms with Gasteiger partial charge in [-0.3, -0.25) is 0 Å². The zero-order chi connectivity index (χ0) is 9.95. The third-order valence-electron chi connectivity index (χ3n) is 3.51. The predicted octanol–water partition coefficient (Wildman–Crippen LogP) is 2.97. The highest BCUT2D eigenvalue weighted by Gasteiger charge is 2.38. The Morgan fingerprint density at radius 1 is 0.923 bits per heavy atom. The van der Waals surface area contributed by atoms with Gasteiger partial charge < -0.3 is 9.47 Å². The van der Waals surface area contributed by atoms with Gasteiger partial charge in [0, 0.05) is 5.41 Å². The van der Waals surface area contributed by atoms with Gasteiger partial charge in [0.1, 0.15) is 0 Å². The Labute approximate surface area is 81.6 Å². The molecule has 1 rings (SSSR count). The van der Waals surface area contributed by atoms with Gasteiger partial charge in [0.15, 0.2) is 5.79 Å².